The van der Waals surface area contributed by atoms with E-state index < -0.39 is 6.36 Å². The van der Waals surface area contributed by atoms with E-state index in [-0.39, 0.29) is 5.75 Å². The molecule has 0 radical (unpaired) electrons. The fourth-order valence-corrected chi connectivity index (χ4v) is 4.99. The number of hydrogen-bond acceptors (Lipinski definition) is 6. The Balaban J connectivity index is 1.33. The van der Waals surface area contributed by atoms with Crippen LogP contribution >= 0.6 is 0 Å². The van der Waals surface area contributed by atoms with Crippen molar-refractivity contribution in [1.82, 2.24) is 19.9 Å². The van der Waals surface area contributed by atoms with Crippen LogP contribution < -0.4 is 9.64 Å². The van der Waals surface area contributed by atoms with Crippen molar-refractivity contribution in [1.29, 1.82) is 0 Å². The minimum atomic E-state index is -4.71. The van der Waals surface area contributed by atoms with Gasteiger partial charge in [-0.1, -0.05) is 12.1 Å². The van der Waals surface area contributed by atoms with Gasteiger partial charge in [-0.2, -0.15) is 0 Å². The first-order valence-corrected chi connectivity index (χ1v) is 12.6. The molecule has 0 unspecified atom stereocenters. The number of pyridine rings is 2. The standard InChI is InChI=1S/C28H26F3N5O/c29-28(30,31)37-22-8-4-18(5-9-22)14-21-15-20(10-11-33-21)26-34-24-17-32-16-23(19-6-7-19)25(24)27(35-26)36-12-2-1-3-13-36/h4-5,8-11,15-17,19H,1-3,6-7,12-14H2. The number of halogens is 3. The number of rotatable bonds is 6. The first-order valence-electron chi connectivity index (χ1n) is 12.6. The second-order valence-corrected chi connectivity index (χ2v) is 9.72. The quantitative estimate of drug-likeness (QED) is 0.300. The lowest BCUT2D eigenvalue weighted by atomic mass is 10.0. The van der Waals surface area contributed by atoms with Gasteiger partial charge in [0.1, 0.15) is 11.6 Å². The van der Waals surface area contributed by atoms with Gasteiger partial charge in [-0.3, -0.25) is 9.97 Å². The van der Waals surface area contributed by atoms with Crippen molar-refractivity contribution in [2.45, 2.75) is 50.8 Å². The number of alkyl halides is 3. The molecule has 4 aromatic rings. The van der Waals surface area contributed by atoms with Crippen LogP contribution in [-0.4, -0.2) is 39.4 Å². The van der Waals surface area contributed by atoms with Crippen molar-refractivity contribution >= 4 is 16.7 Å². The number of aromatic nitrogens is 4. The number of hydrogen-bond donors (Lipinski definition) is 0. The number of benzene rings is 1. The van der Waals surface area contributed by atoms with Crippen molar-refractivity contribution in [2.75, 3.05) is 18.0 Å². The molecule has 1 aliphatic carbocycles. The molecule has 6 rings (SSSR count). The molecule has 2 aliphatic rings. The van der Waals surface area contributed by atoms with Crippen LogP contribution in [0.4, 0.5) is 19.0 Å². The highest BCUT2D eigenvalue weighted by molar-refractivity contribution is 5.94. The van der Waals surface area contributed by atoms with E-state index in [0.717, 1.165) is 59.5 Å². The van der Waals surface area contributed by atoms with Crippen molar-refractivity contribution in [3.05, 3.63) is 71.8 Å². The monoisotopic (exact) mass is 505 g/mol. The molecule has 190 valence electrons. The number of ether oxygens (including phenoxy) is 1. The highest BCUT2D eigenvalue weighted by Gasteiger charge is 2.31. The highest BCUT2D eigenvalue weighted by Crippen LogP contribution is 2.45. The molecule has 4 heterocycles. The average molecular weight is 506 g/mol. The summed E-state index contributed by atoms with van der Waals surface area (Å²) in [5.41, 5.74) is 4.55. The Labute approximate surface area is 212 Å². The largest absolute Gasteiger partial charge is 0.573 e. The number of anilines is 1. The molecular formula is C28H26F3N5O. The van der Waals surface area contributed by atoms with Gasteiger partial charge in [-0.15, -0.1) is 13.2 Å². The molecule has 9 heteroatoms. The van der Waals surface area contributed by atoms with E-state index in [2.05, 4.69) is 19.6 Å². The average Bonchev–Trinajstić information content (AvgIpc) is 3.74. The molecule has 2 fully saturated rings. The first-order chi connectivity index (χ1) is 17.9. The Morgan fingerprint density at radius 2 is 1.73 bits per heavy atom. The second kappa shape index (κ2) is 9.61. The van der Waals surface area contributed by atoms with Crippen LogP contribution in [0.25, 0.3) is 22.3 Å². The maximum atomic E-state index is 12.5. The van der Waals surface area contributed by atoms with E-state index >= 15 is 0 Å². The van der Waals surface area contributed by atoms with E-state index in [9.17, 15) is 13.2 Å². The van der Waals surface area contributed by atoms with Crippen LogP contribution in [0.5, 0.6) is 5.75 Å². The van der Waals surface area contributed by atoms with Crippen molar-refractivity contribution < 1.29 is 17.9 Å². The minimum Gasteiger partial charge on any atom is -0.406 e. The summed E-state index contributed by atoms with van der Waals surface area (Å²) in [5, 5.41) is 1.12. The van der Waals surface area contributed by atoms with Gasteiger partial charge in [0.05, 0.1) is 11.7 Å². The summed E-state index contributed by atoms with van der Waals surface area (Å²) in [6, 6.07) is 9.69. The molecule has 0 spiro atoms. The third-order valence-corrected chi connectivity index (χ3v) is 6.91. The number of fused-ring (bicyclic) bond motifs is 1. The molecule has 0 atom stereocenters. The summed E-state index contributed by atoms with van der Waals surface area (Å²) in [6.45, 7) is 1.96. The van der Waals surface area contributed by atoms with E-state index in [1.807, 2.05) is 24.5 Å². The fourth-order valence-electron chi connectivity index (χ4n) is 4.99. The van der Waals surface area contributed by atoms with Crippen LogP contribution in [-0.2, 0) is 6.42 Å². The van der Waals surface area contributed by atoms with Gasteiger partial charge in [0.15, 0.2) is 5.82 Å². The van der Waals surface area contributed by atoms with E-state index in [1.165, 1.54) is 37.0 Å². The lowest BCUT2D eigenvalue weighted by Crippen LogP contribution is -2.30. The molecule has 6 nitrogen and oxygen atoms in total. The normalized spacial score (nSPS) is 16.2. The number of nitrogens with zero attached hydrogens (tertiary/aromatic N) is 5. The zero-order valence-corrected chi connectivity index (χ0v) is 20.2. The van der Waals surface area contributed by atoms with E-state index in [0.29, 0.717) is 18.2 Å². The molecule has 0 N–H and O–H groups in total. The van der Waals surface area contributed by atoms with Gasteiger partial charge >= 0.3 is 6.36 Å². The molecule has 1 aliphatic heterocycles. The van der Waals surface area contributed by atoms with Gasteiger partial charge in [0.2, 0.25) is 0 Å². The topological polar surface area (TPSA) is 64.0 Å². The predicted molar refractivity (Wildman–Crippen MR) is 135 cm³/mol. The zero-order chi connectivity index (χ0) is 25.4. The molecule has 1 saturated heterocycles. The summed E-state index contributed by atoms with van der Waals surface area (Å²) in [6.07, 6.45) is 7.17. The van der Waals surface area contributed by atoms with Crippen LogP contribution in [0.2, 0.25) is 0 Å². The van der Waals surface area contributed by atoms with E-state index in [4.69, 9.17) is 9.97 Å². The van der Waals surface area contributed by atoms with Crippen molar-refractivity contribution in [3.63, 3.8) is 0 Å². The first kappa shape index (κ1) is 23.6. The second-order valence-electron chi connectivity index (χ2n) is 9.72. The van der Waals surface area contributed by atoms with Crippen molar-refractivity contribution in [3.8, 4) is 17.1 Å². The smallest absolute Gasteiger partial charge is 0.406 e. The summed E-state index contributed by atoms with van der Waals surface area (Å²) in [4.78, 5) is 21.4. The molecule has 37 heavy (non-hydrogen) atoms. The van der Waals surface area contributed by atoms with Gasteiger partial charge in [-0.05, 0) is 73.4 Å². The summed E-state index contributed by atoms with van der Waals surface area (Å²) < 4.78 is 41.3. The van der Waals surface area contributed by atoms with Gasteiger partial charge < -0.3 is 9.64 Å². The molecule has 1 saturated carbocycles. The summed E-state index contributed by atoms with van der Waals surface area (Å²) >= 11 is 0. The lowest BCUT2D eigenvalue weighted by Gasteiger charge is -2.29. The van der Waals surface area contributed by atoms with Crippen LogP contribution in [0, 0.1) is 0 Å². The van der Waals surface area contributed by atoms with E-state index in [1.54, 1.807) is 18.3 Å². The Bertz CT molecular complexity index is 1410. The summed E-state index contributed by atoms with van der Waals surface area (Å²) in [7, 11) is 0. The Morgan fingerprint density at radius 1 is 0.946 bits per heavy atom. The third-order valence-electron chi connectivity index (χ3n) is 6.91. The van der Waals surface area contributed by atoms with Gasteiger partial charge in [-0.25, -0.2) is 9.97 Å². The highest BCUT2D eigenvalue weighted by atomic mass is 19.4. The maximum absolute atomic E-state index is 12.5. The Kier molecular flexibility index (Phi) is 6.14. The molecule has 1 aromatic carbocycles. The fraction of sp³-hybridized carbons (Fsp3) is 0.357. The SMILES string of the molecule is FC(F)(F)Oc1ccc(Cc2cc(-c3nc(N4CCCCC4)c4c(C5CC5)cncc4n3)ccn2)cc1. The van der Waals surface area contributed by atoms with Gasteiger partial charge in [0.25, 0.3) is 0 Å². The van der Waals surface area contributed by atoms with Crippen LogP contribution in [0.3, 0.4) is 0 Å². The molecular weight excluding hydrogens is 479 g/mol. The van der Waals surface area contributed by atoms with Crippen LogP contribution in [0.1, 0.15) is 54.8 Å². The number of piperidine rings is 1. The summed E-state index contributed by atoms with van der Waals surface area (Å²) in [5.74, 6) is 1.91. The lowest BCUT2D eigenvalue weighted by molar-refractivity contribution is -0.274. The van der Waals surface area contributed by atoms with Crippen LogP contribution in [0.15, 0.2) is 55.0 Å². The minimum absolute atomic E-state index is 0.244. The predicted octanol–water partition coefficient (Wildman–Crippen LogP) is 6.44. The Morgan fingerprint density at radius 3 is 2.46 bits per heavy atom. The maximum Gasteiger partial charge on any atom is 0.573 e. The molecule has 0 amide bonds. The van der Waals surface area contributed by atoms with Gasteiger partial charge in [0, 0.05) is 48.5 Å². The van der Waals surface area contributed by atoms with Crippen molar-refractivity contribution in [2.24, 2.45) is 0 Å². The Hall–Kier alpha value is -3.75. The molecule has 0 bridgehead atoms. The molecule has 3 aromatic heterocycles. The zero-order valence-electron chi connectivity index (χ0n) is 20.2. The third kappa shape index (κ3) is 5.35.